The van der Waals surface area contributed by atoms with Gasteiger partial charge in [-0.1, -0.05) is 121 Å². The summed E-state index contributed by atoms with van der Waals surface area (Å²) in [7, 11) is -2.42. The van der Waals surface area contributed by atoms with Crippen LogP contribution in [0.2, 0.25) is 0 Å². The molecule has 1 aliphatic rings. The fourth-order valence-corrected chi connectivity index (χ4v) is 10.3. The molecule has 1 aliphatic heterocycles. The first-order chi connectivity index (χ1) is 18.8. The van der Waals surface area contributed by atoms with Crippen LogP contribution in [-0.2, 0) is 19.5 Å². The van der Waals surface area contributed by atoms with Crippen molar-refractivity contribution in [3.8, 4) is 6.07 Å². The topological polar surface area (TPSA) is 39.4 Å². The van der Waals surface area contributed by atoms with E-state index in [4.69, 9.17) is 4.74 Å². The number of nitrogens with zero attached hydrogens (tertiary/aromatic N) is 3. The second-order valence-corrected chi connectivity index (χ2v) is 13.6. The van der Waals surface area contributed by atoms with Crippen molar-refractivity contribution in [3.63, 3.8) is 0 Å². The van der Waals surface area contributed by atoms with Crippen LogP contribution >= 0.6 is 18.4 Å². The van der Waals surface area contributed by atoms with Crippen molar-refractivity contribution in [2.24, 2.45) is 4.74 Å². The van der Waals surface area contributed by atoms with E-state index in [-0.39, 0.29) is 0 Å². The average molecular weight is 530 g/mol. The van der Waals surface area contributed by atoms with E-state index in [2.05, 4.69) is 132 Å². The molecule has 0 spiro atoms. The molecule has 3 nitrogen and oxygen atoms in total. The Morgan fingerprint density at radius 1 is 0.737 bits per heavy atom. The Labute approximate surface area is 228 Å². The monoisotopic (exact) mass is 529 g/mol. The number of hydrogen-bond donors (Lipinski definition) is 0. The number of fused-ring (bicyclic) bond motifs is 1. The van der Waals surface area contributed by atoms with Gasteiger partial charge in [0.2, 0.25) is 0 Å². The highest BCUT2D eigenvalue weighted by Crippen LogP contribution is 2.52. The molecular weight excluding hydrogens is 501 g/mol. The molecule has 6 rings (SSSR count). The molecule has 1 aromatic heterocycles. The maximum Gasteiger partial charge on any atom is 0.133 e. The van der Waals surface area contributed by atoms with Gasteiger partial charge in [-0.2, -0.15) is 5.26 Å². The van der Waals surface area contributed by atoms with Crippen molar-refractivity contribution >= 4 is 39.3 Å². The lowest BCUT2D eigenvalue weighted by Crippen LogP contribution is -2.29. The van der Waals surface area contributed by atoms with Gasteiger partial charge >= 0.3 is 0 Å². The van der Waals surface area contributed by atoms with E-state index < -0.39 is 7.05 Å². The van der Waals surface area contributed by atoms with Crippen LogP contribution in [0.1, 0.15) is 21.6 Å². The number of hydrogen-bond acceptors (Lipinski definition) is 4. The molecule has 5 heteroatoms. The van der Waals surface area contributed by atoms with Crippen LogP contribution in [0.25, 0.3) is 0 Å². The first-order valence-corrected chi connectivity index (χ1v) is 15.4. The van der Waals surface area contributed by atoms with Gasteiger partial charge in [-0.05, 0) is 17.5 Å². The van der Waals surface area contributed by atoms with Crippen LogP contribution < -0.4 is 15.9 Å². The molecule has 0 radical (unpaired) electrons. The van der Waals surface area contributed by atoms with Gasteiger partial charge in [-0.15, -0.1) is 11.3 Å². The van der Waals surface area contributed by atoms with Gasteiger partial charge in [-0.25, -0.2) is 4.74 Å². The molecule has 186 valence electrons. The molecule has 5 aromatic rings. The van der Waals surface area contributed by atoms with Crippen molar-refractivity contribution in [1.82, 2.24) is 4.90 Å². The zero-order valence-electron chi connectivity index (χ0n) is 21.1. The van der Waals surface area contributed by atoms with Crippen LogP contribution in [-0.4, -0.2) is 11.4 Å². The van der Waals surface area contributed by atoms with Crippen LogP contribution in [0, 0.1) is 11.3 Å². The minimum Gasteiger partial charge on any atom is -0.294 e. The smallest absolute Gasteiger partial charge is 0.133 e. The largest absolute Gasteiger partial charge is 0.294 e. The molecule has 0 fully saturated rings. The summed E-state index contributed by atoms with van der Waals surface area (Å²) < 4.78 is 5.67. The maximum atomic E-state index is 10.4. The predicted molar refractivity (Wildman–Crippen MR) is 161 cm³/mol. The lowest BCUT2D eigenvalue weighted by atomic mass is 10.0. The van der Waals surface area contributed by atoms with E-state index >= 15 is 0 Å². The number of nitriles is 1. The van der Waals surface area contributed by atoms with Gasteiger partial charge in [0.05, 0.1) is 12.6 Å². The molecule has 0 unspecified atom stereocenters. The zero-order chi connectivity index (χ0) is 25.8. The summed E-state index contributed by atoms with van der Waals surface area (Å²) in [5.74, 6) is 0. The fourth-order valence-electron chi connectivity index (χ4n) is 5.29. The normalized spacial score (nSPS) is 13.4. The van der Waals surface area contributed by atoms with Crippen LogP contribution in [0.5, 0.6) is 0 Å². The van der Waals surface area contributed by atoms with Crippen LogP contribution in [0.3, 0.4) is 0 Å². The Morgan fingerprint density at radius 3 is 1.74 bits per heavy atom. The fraction of sp³-hybridized carbons (Fsp3) is 0.121. The third kappa shape index (κ3) is 4.66. The summed E-state index contributed by atoms with van der Waals surface area (Å²) in [6, 6.07) is 45.1. The molecule has 38 heavy (non-hydrogen) atoms. The lowest BCUT2D eigenvalue weighted by molar-refractivity contribution is 0.249. The maximum absolute atomic E-state index is 10.4. The van der Waals surface area contributed by atoms with E-state index in [1.54, 1.807) is 11.3 Å². The summed E-state index contributed by atoms with van der Waals surface area (Å²) in [6.45, 7) is 2.72. The van der Waals surface area contributed by atoms with E-state index in [1.807, 2.05) is 0 Å². The molecule has 2 heterocycles. The standard InChI is InChI=1S/C33H28N3PS/c34-23-31-30-21-22-36(24-26-13-5-1-6-14-26)25-32(30)38-33(31)35-37(27-15-7-2-8-16-27,28-17-9-3-10-18-28)29-19-11-4-12-20-29/h1-20H,21-22,24-25H2. The summed E-state index contributed by atoms with van der Waals surface area (Å²) >= 11 is 1.71. The quantitative estimate of drug-likeness (QED) is 0.223. The van der Waals surface area contributed by atoms with Crippen molar-refractivity contribution in [1.29, 1.82) is 5.26 Å². The van der Waals surface area contributed by atoms with E-state index in [1.165, 1.54) is 31.9 Å². The Bertz CT molecular complexity index is 1520. The zero-order valence-corrected chi connectivity index (χ0v) is 22.8. The van der Waals surface area contributed by atoms with E-state index in [0.29, 0.717) is 0 Å². The number of thiophene rings is 1. The van der Waals surface area contributed by atoms with Gasteiger partial charge in [-0.3, -0.25) is 4.90 Å². The molecule has 0 atom stereocenters. The highest BCUT2D eigenvalue weighted by atomic mass is 32.1. The molecule has 0 saturated carbocycles. The minimum atomic E-state index is -2.42. The van der Waals surface area contributed by atoms with Gasteiger partial charge in [0.1, 0.15) is 11.1 Å². The second-order valence-electron chi connectivity index (χ2n) is 9.48. The molecule has 4 aromatic carbocycles. The van der Waals surface area contributed by atoms with Crippen molar-refractivity contribution < 1.29 is 0 Å². The predicted octanol–water partition coefficient (Wildman–Crippen LogP) is 6.99. The summed E-state index contributed by atoms with van der Waals surface area (Å²) in [5.41, 5.74) is 3.27. The number of rotatable bonds is 6. The summed E-state index contributed by atoms with van der Waals surface area (Å²) in [5, 5.41) is 14.8. The molecule has 0 aliphatic carbocycles. The first-order valence-electron chi connectivity index (χ1n) is 12.9. The summed E-state index contributed by atoms with van der Waals surface area (Å²) in [6.07, 6.45) is 0.879. The molecule has 0 amide bonds. The van der Waals surface area contributed by atoms with Gasteiger partial charge in [0, 0.05) is 40.4 Å². The van der Waals surface area contributed by atoms with Crippen LogP contribution in [0.4, 0.5) is 5.00 Å². The van der Waals surface area contributed by atoms with E-state index in [0.717, 1.165) is 36.6 Å². The second kappa shape index (κ2) is 10.9. The highest BCUT2D eigenvalue weighted by Gasteiger charge is 2.30. The molecule has 0 N–H and O–H groups in total. The highest BCUT2D eigenvalue weighted by molar-refractivity contribution is 7.87. The van der Waals surface area contributed by atoms with Gasteiger partial charge in [0.25, 0.3) is 0 Å². The minimum absolute atomic E-state index is 0.761. The van der Waals surface area contributed by atoms with E-state index in [9.17, 15) is 5.26 Å². The van der Waals surface area contributed by atoms with Crippen molar-refractivity contribution in [2.45, 2.75) is 19.5 Å². The Hall–Kier alpha value is -3.74. The van der Waals surface area contributed by atoms with Crippen LogP contribution in [0.15, 0.2) is 126 Å². The summed E-state index contributed by atoms with van der Waals surface area (Å²) in [4.78, 5) is 3.75. The van der Waals surface area contributed by atoms with Gasteiger partial charge < -0.3 is 0 Å². The third-order valence-electron chi connectivity index (χ3n) is 7.11. The SMILES string of the molecule is N#Cc1c(N=P(c2ccccc2)(c2ccccc2)c2ccccc2)sc2c1CCN(Cc1ccccc1)C2. The Kier molecular flexibility index (Phi) is 7.08. The molecule has 0 saturated heterocycles. The van der Waals surface area contributed by atoms with Crippen molar-refractivity contribution in [2.75, 3.05) is 6.54 Å². The lowest BCUT2D eigenvalue weighted by Gasteiger charge is -2.26. The molecule has 0 bridgehead atoms. The number of benzene rings is 4. The molecular formula is C33H28N3PS. The third-order valence-corrected chi connectivity index (χ3v) is 12.0. The van der Waals surface area contributed by atoms with Crippen molar-refractivity contribution in [3.05, 3.63) is 143 Å². The Morgan fingerprint density at radius 2 is 1.24 bits per heavy atom. The Balaban J connectivity index is 1.53. The average Bonchev–Trinajstić information content (AvgIpc) is 3.34. The first kappa shape index (κ1) is 24.6. The van der Waals surface area contributed by atoms with Gasteiger partial charge in [0.15, 0.2) is 0 Å².